The number of rotatable bonds is 22. The van der Waals surface area contributed by atoms with Crippen molar-refractivity contribution in [1.29, 1.82) is 0 Å². The lowest BCUT2D eigenvalue weighted by molar-refractivity contribution is -0.158. The highest BCUT2D eigenvalue weighted by molar-refractivity contribution is 5.75. The van der Waals surface area contributed by atoms with Gasteiger partial charge in [-0.05, 0) is 81.0 Å². The SMILES string of the molecule is CCCCCCCCCC(Oc1ccc(N=Nc2ccc(CCCCCC)cc2)cc1)C(=O)OC(C)CC(O)CC. The van der Waals surface area contributed by atoms with Crippen molar-refractivity contribution < 1.29 is 19.4 Å². The van der Waals surface area contributed by atoms with Crippen molar-refractivity contribution in [3.8, 4) is 5.75 Å². The summed E-state index contributed by atoms with van der Waals surface area (Å²) in [6.07, 6.45) is 14.4. The lowest BCUT2D eigenvalue weighted by Crippen LogP contribution is -2.33. The summed E-state index contributed by atoms with van der Waals surface area (Å²) in [4.78, 5) is 13.0. The zero-order valence-corrected chi connectivity index (χ0v) is 26.0. The van der Waals surface area contributed by atoms with Gasteiger partial charge in [0.15, 0.2) is 6.10 Å². The van der Waals surface area contributed by atoms with Crippen LogP contribution in [-0.2, 0) is 16.0 Å². The second kappa shape index (κ2) is 21.0. The van der Waals surface area contributed by atoms with E-state index in [1.807, 2.05) is 50.2 Å². The largest absolute Gasteiger partial charge is 0.479 e. The lowest BCUT2D eigenvalue weighted by atomic mass is 10.1. The number of aryl methyl sites for hydroxylation is 1. The summed E-state index contributed by atoms with van der Waals surface area (Å²) in [6, 6.07) is 15.6. The van der Waals surface area contributed by atoms with Crippen molar-refractivity contribution in [3.63, 3.8) is 0 Å². The Morgan fingerprint density at radius 1 is 0.756 bits per heavy atom. The zero-order chi connectivity index (χ0) is 29.7. The molecular formula is C35H54N2O4. The van der Waals surface area contributed by atoms with E-state index in [0.717, 1.165) is 30.6 Å². The maximum Gasteiger partial charge on any atom is 0.347 e. The van der Waals surface area contributed by atoms with Crippen molar-refractivity contribution in [1.82, 2.24) is 0 Å². The monoisotopic (exact) mass is 566 g/mol. The molecule has 0 aliphatic carbocycles. The summed E-state index contributed by atoms with van der Waals surface area (Å²) in [5.41, 5.74) is 2.87. The van der Waals surface area contributed by atoms with Gasteiger partial charge in [-0.2, -0.15) is 10.2 Å². The summed E-state index contributed by atoms with van der Waals surface area (Å²) in [5.74, 6) is 0.229. The molecule has 6 nitrogen and oxygen atoms in total. The predicted octanol–water partition coefficient (Wildman–Crippen LogP) is 10.2. The first-order chi connectivity index (χ1) is 19.9. The minimum absolute atomic E-state index is 0.365. The standard InChI is InChI=1S/C35H54N2O4/c1-5-8-10-12-13-14-16-18-34(35(39)40-28(4)27-32(38)7-3)41-33-25-23-31(24-26-33)37-36-30-21-19-29(20-22-30)17-15-11-9-6-2/h19-26,28,32,34,38H,5-18,27H2,1-4H3. The summed E-state index contributed by atoms with van der Waals surface area (Å²) in [7, 11) is 0. The molecule has 0 aromatic heterocycles. The maximum absolute atomic E-state index is 13.0. The Labute approximate surface area is 249 Å². The third-order valence-electron chi connectivity index (χ3n) is 7.38. The van der Waals surface area contributed by atoms with Gasteiger partial charge in [-0.3, -0.25) is 0 Å². The second-order valence-electron chi connectivity index (χ2n) is 11.2. The van der Waals surface area contributed by atoms with Crippen LogP contribution in [0.25, 0.3) is 0 Å². The number of azo groups is 1. The van der Waals surface area contributed by atoms with Gasteiger partial charge in [0.05, 0.1) is 17.5 Å². The van der Waals surface area contributed by atoms with Crippen LogP contribution in [0.1, 0.15) is 123 Å². The third-order valence-corrected chi connectivity index (χ3v) is 7.38. The maximum atomic E-state index is 13.0. The molecule has 0 amide bonds. The minimum atomic E-state index is -0.681. The fourth-order valence-corrected chi connectivity index (χ4v) is 4.74. The Morgan fingerprint density at radius 2 is 1.29 bits per heavy atom. The number of carbonyl (C=O) groups is 1. The molecular weight excluding hydrogens is 512 g/mol. The molecule has 2 rings (SSSR count). The van der Waals surface area contributed by atoms with E-state index in [-0.39, 0.29) is 12.1 Å². The number of aliphatic hydroxyl groups excluding tert-OH is 1. The van der Waals surface area contributed by atoms with Gasteiger partial charge in [-0.25, -0.2) is 4.79 Å². The smallest absolute Gasteiger partial charge is 0.347 e. The number of esters is 1. The molecule has 0 saturated carbocycles. The highest BCUT2D eigenvalue weighted by Gasteiger charge is 2.24. The van der Waals surface area contributed by atoms with Gasteiger partial charge in [-0.1, -0.05) is 90.7 Å². The summed E-state index contributed by atoms with van der Waals surface area (Å²) in [5, 5.41) is 18.7. The topological polar surface area (TPSA) is 80.5 Å². The molecule has 228 valence electrons. The van der Waals surface area contributed by atoms with E-state index in [1.165, 1.54) is 63.4 Å². The fraction of sp³-hybridized carbons (Fsp3) is 0.629. The molecule has 0 aliphatic rings. The Morgan fingerprint density at radius 3 is 1.88 bits per heavy atom. The Hall–Kier alpha value is -2.73. The number of aliphatic hydroxyl groups is 1. The molecule has 2 aromatic rings. The van der Waals surface area contributed by atoms with E-state index in [2.05, 4.69) is 36.2 Å². The van der Waals surface area contributed by atoms with Crippen LogP contribution < -0.4 is 4.74 Å². The number of benzene rings is 2. The van der Waals surface area contributed by atoms with E-state index in [4.69, 9.17) is 9.47 Å². The van der Waals surface area contributed by atoms with Crippen LogP contribution in [0.5, 0.6) is 5.75 Å². The molecule has 3 atom stereocenters. The van der Waals surface area contributed by atoms with E-state index >= 15 is 0 Å². The quantitative estimate of drug-likeness (QED) is 0.0873. The number of nitrogens with zero attached hydrogens (tertiary/aromatic N) is 2. The Bertz CT molecular complexity index is 975. The fourth-order valence-electron chi connectivity index (χ4n) is 4.74. The van der Waals surface area contributed by atoms with Gasteiger partial charge >= 0.3 is 5.97 Å². The van der Waals surface area contributed by atoms with Crippen molar-refractivity contribution in [2.24, 2.45) is 10.2 Å². The molecule has 2 aromatic carbocycles. The molecule has 0 heterocycles. The molecule has 0 bridgehead atoms. The van der Waals surface area contributed by atoms with Crippen molar-refractivity contribution in [3.05, 3.63) is 54.1 Å². The van der Waals surface area contributed by atoms with Crippen LogP contribution >= 0.6 is 0 Å². The minimum Gasteiger partial charge on any atom is -0.479 e. The van der Waals surface area contributed by atoms with E-state index in [0.29, 0.717) is 25.0 Å². The number of unbranched alkanes of at least 4 members (excludes halogenated alkanes) is 9. The highest BCUT2D eigenvalue weighted by atomic mass is 16.6. The van der Waals surface area contributed by atoms with Gasteiger partial charge in [0.25, 0.3) is 0 Å². The van der Waals surface area contributed by atoms with Crippen LogP contribution in [0.2, 0.25) is 0 Å². The van der Waals surface area contributed by atoms with Crippen LogP contribution in [0, 0.1) is 0 Å². The van der Waals surface area contributed by atoms with Gasteiger partial charge in [0.1, 0.15) is 11.9 Å². The second-order valence-corrected chi connectivity index (χ2v) is 11.2. The first-order valence-corrected chi connectivity index (χ1v) is 16.1. The van der Waals surface area contributed by atoms with E-state index < -0.39 is 12.2 Å². The predicted molar refractivity (Wildman–Crippen MR) is 168 cm³/mol. The number of hydrogen-bond donors (Lipinski definition) is 1. The Balaban J connectivity index is 1.93. The summed E-state index contributed by atoms with van der Waals surface area (Å²) < 4.78 is 11.8. The van der Waals surface area contributed by atoms with Crippen molar-refractivity contribution in [2.75, 3.05) is 0 Å². The molecule has 0 aliphatic heterocycles. The summed E-state index contributed by atoms with van der Waals surface area (Å²) in [6.45, 7) is 8.19. The normalized spacial score (nSPS) is 13.7. The third kappa shape index (κ3) is 15.2. The Kier molecular flexibility index (Phi) is 17.7. The van der Waals surface area contributed by atoms with Gasteiger partial charge < -0.3 is 14.6 Å². The molecule has 0 spiro atoms. The van der Waals surface area contributed by atoms with Crippen LogP contribution in [0.15, 0.2) is 58.8 Å². The molecule has 41 heavy (non-hydrogen) atoms. The van der Waals surface area contributed by atoms with Crippen LogP contribution in [0.4, 0.5) is 11.4 Å². The van der Waals surface area contributed by atoms with E-state index in [9.17, 15) is 9.90 Å². The first kappa shape index (κ1) is 34.5. The van der Waals surface area contributed by atoms with Gasteiger partial charge in [0, 0.05) is 6.42 Å². The number of hydrogen-bond acceptors (Lipinski definition) is 6. The first-order valence-electron chi connectivity index (χ1n) is 16.1. The highest BCUT2D eigenvalue weighted by Crippen LogP contribution is 2.24. The zero-order valence-electron chi connectivity index (χ0n) is 26.0. The van der Waals surface area contributed by atoms with Gasteiger partial charge in [0.2, 0.25) is 0 Å². The lowest BCUT2D eigenvalue weighted by Gasteiger charge is -2.22. The average molecular weight is 567 g/mol. The van der Waals surface area contributed by atoms with Crippen LogP contribution in [-0.4, -0.2) is 29.4 Å². The molecule has 0 saturated heterocycles. The molecule has 3 unspecified atom stereocenters. The summed E-state index contributed by atoms with van der Waals surface area (Å²) >= 11 is 0. The van der Waals surface area contributed by atoms with Crippen molar-refractivity contribution >= 4 is 17.3 Å². The van der Waals surface area contributed by atoms with Crippen LogP contribution in [0.3, 0.4) is 0 Å². The van der Waals surface area contributed by atoms with Crippen molar-refractivity contribution in [2.45, 2.75) is 142 Å². The molecule has 0 radical (unpaired) electrons. The molecule has 1 N–H and O–H groups in total. The average Bonchev–Trinajstić information content (AvgIpc) is 2.98. The number of ether oxygens (including phenoxy) is 2. The van der Waals surface area contributed by atoms with E-state index in [1.54, 1.807) is 0 Å². The van der Waals surface area contributed by atoms with Gasteiger partial charge in [-0.15, -0.1) is 0 Å². The number of carbonyl (C=O) groups excluding carboxylic acids is 1. The molecule has 0 fully saturated rings. The molecule has 6 heteroatoms.